The van der Waals surface area contributed by atoms with Crippen LogP contribution in [0, 0.1) is 0 Å². The van der Waals surface area contributed by atoms with Crippen LogP contribution in [0.15, 0.2) is 36.5 Å². The van der Waals surface area contributed by atoms with Gasteiger partial charge in [-0.2, -0.15) is 0 Å². The molecule has 0 amide bonds. The van der Waals surface area contributed by atoms with Crippen molar-refractivity contribution in [1.82, 2.24) is 0 Å². The van der Waals surface area contributed by atoms with E-state index >= 15 is 0 Å². The third kappa shape index (κ3) is 10.5. The van der Waals surface area contributed by atoms with Crippen LogP contribution in [0.2, 0.25) is 0 Å². The molecule has 0 saturated heterocycles. The van der Waals surface area contributed by atoms with E-state index in [2.05, 4.69) is 22.6 Å². The minimum atomic E-state index is -1.08. The van der Waals surface area contributed by atoms with Crippen molar-refractivity contribution in [3.05, 3.63) is 36.5 Å². The van der Waals surface area contributed by atoms with E-state index in [1.54, 1.807) is 6.92 Å². The summed E-state index contributed by atoms with van der Waals surface area (Å²) in [7, 11) is 1.21. The Bertz CT molecular complexity index is 392. The smallest absolute Gasteiger partial charge is 0.337 e. The van der Waals surface area contributed by atoms with Gasteiger partial charge in [-0.05, 0) is 19.9 Å². The number of rotatable bonds is 5. The molecule has 0 aromatic carbocycles. The predicted octanol–water partition coefficient (Wildman–Crippen LogP) is 1.48. The minimum Gasteiger partial charge on any atom is -0.478 e. The molecule has 0 heterocycles. The van der Waals surface area contributed by atoms with Gasteiger partial charge < -0.3 is 14.6 Å². The van der Waals surface area contributed by atoms with E-state index in [0.29, 0.717) is 6.61 Å². The minimum absolute atomic E-state index is 0.0254. The molecule has 0 aromatic rings. The predicted molar refractivity (Wildman–Crippen MR) is 69.4 cm³/mol. The summed E-state index contributed by atoms with van der Waals surface area (Å²) in [5.74, 6) is -2.07. The number of ether oxygens (including phenoxy) is 2. The number of carboxylic acid groups (broad SMARTS) is 1. The fourth-order valence-corrected chi connectivity index (χ4v) is 0.714. The number of carboxylic acids is 1. The van der Waals surface area contributed by atoms with Crippen molar-refractivity contribution in [2.24, 2.45) is 0 Å². The molecule has 0 aliphatic rings. The average Bonchev–Trinajstić information content (AvgIpc) is 2.38. The first-order valence-electron chi connectivity index (χ1n) is 5.28. The van der Waals surface area contributed by atoms with Crippen molar-refractivity contribution in [1.29, 1.82) is 0 Å². The van der Waals surface area contributed by atoms with E-state index < -0.39 is 11.9 Å². The van der Waals surface area contributed by atoms with Crippen LogP contribution in [0.3, 0.4) is 0 Å². The first-order valence-corrected chi connectivity index (χ1v) is 5.28. The lowest BCUT2D eigenvalue weighted by Crippen LogP contribution is -2.04. The Morgan fingerprint density at radius 2 is 1.84 bits per heavy atom. The third-order valence-electron chi connectivity index (χ3n) is 1.63. The Kier molecular flexibility index (Phi) is 10.8. The van der Waals surface area contributed by atoms with Crippen molar-refractivity contribution in [2.75, 3.05) is 13.7 Å². The van der Waals surface area contributed by atoms with Crippen LogP contribution in [0.1, 0.15) is 13.8 Å². The molecular weight excluding hydrogens is 252 g/mol. The summed E-state index contributed by atoms with van der Waals surface area (Å²) in [6.45, 7) is 10.1. The fraction of sp³-hybridized carbons (Fsp3) is 0.308. The Hall–Kier alpha value is -2.37. The lowest BCUT2D eigenvalue weighted by Gasteiger charge is -1.97. The highest BCUT2D eigenvalue weighted by Gasteiger charge is 2.06. The van der Waals surface area contributed by atoms with E-state index in [0.717, 1.165) is 12.2 Å². The molecule has 1 N–H and O–H groups in total. The van der Waals surface area contributed by atoms with Gasteiger partial charge in [-0.15, -0.1) is 0 Å². The molecule has 0 rings (SSSR count). The largest absolute Gasteiger partial charge is 0.478 e. The first kappa shape index (κ1) is 19.0. The second-order valence-corrected chi connectivity index (χ2v) is 3.11. The number of methoxy groups -OCH3 is 1. The number of hydrogen-bond acceptors (Lipinski definition) is 5. The summed E-state index contributed by atoms with van der Waals surface area (Å²) in [5.41, 5.74) is 0.0720. The molecule has 0 radical (unpaired) electrons. The number of carbonyl (C=O) groups is 3. The van der Waals surface area contributed by atoms with Gasteiger partial charge in [-0.3, -0.25) is 0 Å². The van der Waals surface area contributed by atoms with Gasteiger partial charge in [0.15, 0.2) is 0 Å². The van der Waals surface area contributed by atoms with Crippen molar-refractivity contribution in [3.8, 4) is 0 Å². The van der Waals surface area contributed by atoms with Gasteiger partial charge >= 0.3 is 17.9 Å². The number of aliphatic carboxylic acids is 1. The van der Waals surface area contributed by atoms with Crippen LogP contribution in [-0.2, 0) is 23.9 Å². The Balaban J connectivity index is 0. The lowest BCUT2D eigenvalue weighted by molar-refractivity contribution is -0.137. The molecule has 6 heteroatoms. The van der Waals surface area contributed by atoms with Crippen molar-refractivity contribution in [2.45, 2.75) is 13.8 Å². The van der Waals surface area contributed by atoms with Crippen LogP contribution in [-0.4, -0.2) is 36.7 Å². The van der Waals surface area contributed by atoms with E-state index in [1.807, 2.05) is 0 Å². The van der Waals surface area contributed by atoms with Gasteiger partial charge in [-0.25, -0.2) is 14.4 Å². The molecule has 19 heavy (non-hydrogen) atoms. The Morgan fingerprint density at radius 3 is 2.11 bits per heavy atom. The van der Waals surface area contributed by atoms with Gasteiger partial charge in [-0.1, -0.05) is 13.2 Å². The molecule has 0 atom stereocenters. The zero-order valence-electron chi connectivity index (χ0n) is 11.3. The van der Waals surface area contributed by atoms with E-state index in [4.69, 9.17) is 5.11 Å². The molecule has 0 spiro atoms. The SMILES string of the molecule is C=C(C=C(C)C(=O)O)C(=O)OC.C=CC(=O)OCC. The lowest BCUT2D eigenvalue weighted by atomic mass is 10.2. The molecule has 106 valence electrons. The van der Waals surface area contributed by atoms with E-state index in [1.165, 1.54) is 14.0 Å². The summed E-state index contributed by atoms with van der Waals surface area (Å²) in [6.07, 6.45) is 2.30. The third-order valence-corrected chi connectivity index (χ3v) is 1.63. The van der Waals surface area contributed by atoms with Crippen molar-refractivity contribution >= 4 is 17.9 Å². The first-order chi connectivity index (χ1) is 8.79. The molecule has 6 nitrogen and oxygen atoms in total. The van der Waals surface area contributed by atoms with Gasteiger partial charge in [0.1, 0.15) is 0 Å². The van der Waals surface area contributed by atoms with Crippen LogP contribution in [0.25, 0.3) is 0 Å². The van der Waals surface area contributed by atoms with Crippen molar-refractivity contribution in [3.63, 3.8) is 0 Å². The normalized spacial score (nSPS) is 9.53. The molecule has 0 saturated carbocycles. The summed E-state index contributed by atoms with van der Waals surface area (Å²) in [6, 6.07) is 0. The van der Waals surface area contributed by atoms with Gasteiger partial charge in [0, 0.05) is 11.6 Å². The zero-order chi connectivity index (χ0) is 15.4. The highest BCUT2D eigenvalue weighted by atomic mass is 16.5. The van der Waals surface area contributed by atoms with Crippen LogP contribution in [0.5, 0.6) is 0 Å². The average molecular weight is 270 g/mol. The van der Waals surface area contributed by atoms with Crippen LogP contribution in [0.4, 0.5) is 0 Å². The van der Waals surface area contributed by atoms with Crippen LogP contribution < -0.4 is 0 Å². The van der Waals surface area contributed by atoms with Gasteiger partial charge in [0.25, 0.3) is 0 Å². The monoisotopic (exact) mass is 270 g/mol. The standard InChI is InChI=1S/C8H10O4.C5H8O2/c1-5(7(9)10)4-6(2)8(11)12-3;1-3-5(6)7-4-2/h4H,2H2,1,3H3,(H,9,10);3H,1,4H2,2H3. The quantitative estimate of drug-likeness (QED) is 0.462. The Morgan fingerprint density at radius 1 is 1.32 bits per heavy atom. The molecule has 0 bridgehead atoms. The zero-order valence-corrected chi connectivity index (χ0v) is 11.3. The molecule has 0 fully saturated rings. The van der Waals surface area contributed by atoms with Crippen LogP contribution >= 0.6 is 0 Å². The van der Waals surface area contributed by atoms with Gasteiger partial charge in [0.05, 0.1) is 19.3 Å². The molecule has 0 unspecified atom stereocenters. The Labute approximate surface area is 112 Å². The molecule has 0 aromatic heterocycles. The fourth-order valence-electron chi connectivity index (χ4n) is 0.714. The van der Waals surface area contributed by atoms with Crippen molar-refractivity contribution < 1.29 is 29.0 Å². The van der Waals surface area contributed by atoms with E-state index in [9.17, 15) is 14.4 Å². The maximum atomic E-state index is 10.7. The number of carbonyl (C=O) groups excluding carboxylic acids is 2. The molecule has 0 aliphatic heterocycles. The second-order valence-electron chi connectivity index (χ2n) is 3.11. The summed E-state index contributed by atoms with van der Waals surface area (Å²) in [5, 5.41) is 8.42. The number of esters is 2. The topological polar surface area (TPSA) is 89.9 Å². The molecular formula is C13H18O6. The maximum absolute atomic E-state index is 10.7. The van der Waals surface area contributed by atoms with E-state index in [-0.39, 0.29) is 17.1 Å². The highest BCUT2D eigenvalue weighted by molar-refractivity contribution is 5.94. The summed E-state index contributed by atoms with van der Waals surface area (Å²) >= 11 is 0. The van der Waals surface area contributed by atoms with Gasteiger partial charge in [0.2, 0.25) is 0 Å². The number of hydrogen-bond donors (Lipinski definition) is 1. The summed E-state index contributed by atoms with van der Waals surface area (Å²) in [4.78, 5) is 31.1. The molecule has 0 aliphatic carbocycles. The highest BCUT2D eigenvalue weighted by Crippen LogP contribution is 2.01. The summed E-state index contributed by atoms with van der Waals surface area (Å²) < 4.78 is 8.75. The maximum Gasteiger partial charge on any atom is 0.337 e. The second kappa shape index (κ2) is 10.8.